The number of carboxylic acids is 1. The quantitative estimate of drug-likeness (QED) is 0.282. The standard InChI is InChI=1S/C19H20N2O3.C3H6O4.Na.H2O/c1-2-3-9-17-18(23)20(14-7-5-4-6-8-14)21(19(17)24)15-10-12-16(22)13-11-15;4-1-2(5)3(6)7;;/h4-8,10-13,17,22H,2-3,9H2,1H3;2,4-5H,1H2,(H,6,7);;1H2/q;;+1;/p-1. The smallest absolute Gasteiger partial charge is 0.547 e. The van der Waals surface area contributed by atoms with Crippen LogP contribution < -0.4 is 44.7 Å². The van der Waals surface area contributed by atoms with Crippen LogP contribution in [0.25, 0.3) is 0 Å². The molecule has 1 saturated heterocycles. The van der Waals surface area contributed by atoms with Crippen LogP contribution >= 0.6 is 0 Å². The van der Waals surface area contributed by atoms with Crippen molar-refractivity contribution in [2.75, 3.05) is 16.6 Å². The Morgan fingerprint density at radius 3 is 1.88 bits per heavy atom. The third kappa shape index (κ3) is 7.81. The molecule has 0 aliphatic carbocycles. The number of hydrogen-bond acceptors (Lipinski definition) is 7. The zero-order valence-electron chi connectivity index (χ0n) is 18.5. The predicted molar refractivity (Wildman–Crippen MR) is 114 cm³/mol. The maximum absolute atomic E-state index is 12.9. The van der Waals surface area contributed by atoms with Crippen LogP contribution in [0.1, 0.15) is 26.2 Å². The average Bonchev–Trinajstić information content (AvgIpc) is 3.02. The number of benzene rings is 2. The predicted octanol–water partition coefficient (Wildman–Crippen LogP) is -3.24. The number of para-hydroxylation sites is 1. The van der Waals surface area contributed by atoms with Gasteiger partial charge in [0.2, 0.25) is 0 Å². The summed E-state index contributed by atoms with van der Waals surface area (Å²) in [6, 6.07) is 15.4. The summed E-state index contributed by atoms with van der Waals surface area (Å²) in [6.45, 7) is 1.25. The molecule has 174 valence electrons. The molecule has 2 amide bonds. The van der Waals surface area contributed by atoms with Crippen molar-refractivity contribution in [3.05, 3.63) is 54.6 Å². The maximum atomic E-state index is 12.9. The number of phenolic OH excluding ortho intramolecular Hbond substituents is 1. The summed E-state index contributed by atoms with van der Waals surface area (Å²) in [6.07, 6.45) is 0.571. The summed E-state index contributed by atoms with van der Waals surface area (Å²) in [5.74, 6) is -2.61. The number of aliphatic hydroxyl groups excluding tert-OH is 2. The van der Waals surface area contributed by atoms with Gasteiger partial charge in [0.05, 0.1) is 24.0 Å². The molecule has 11 heteroatoms. The normalized spacial score (nSPS) is 15.7. The van der Waals surface area contributed by atoms with Gasteiger partial charge in [0.1, 0.15) is 17.8 Å². The molecular formula is C22H27N2NaO8. The molecule has 0 saturated carbocycles. The van der Waals surface area contributed by atoms with Crippen molar-refractivity contribution in [2.45, 2.75) is 32.3 Å². The Morgan fingerprint density at radius 1 is 1.00 bits per heavy atom. The Kier molecular flexibility index (Phi) is 13.5. The zero-order chi connectivity index (χ0) is 23.0. The van der Waals surface area contributed by atoms with Crippen LogP contribution in [0, 0.1) is 5.92 Å². The van der Waals surface area contributed by atoms with E-state index < -0.39 is 24.6 Å². The number of aromatic hydroxyl groups is 1. The van der Waals surface area contributed by atoms with Crippen molar-refractivity contribution in [1.82, 2.24) is 0 Å². The summed E-state index contributed by atoms with van der Waals surface area (Å²) in [5, 5.41) is 37.6. The third-order valence-corrected chi connectivity index (χ3v) is 4.60. The molecule has 1 aliphatic heterocycles. The number of carbonyl (C=O) groups is 3. The Morgan fingerprint density at radius 2 is 1.48 bits per heavy atom. The Balaban J connectivity index is 0.000000998. The second-order valence-corrected chi connectivity index (χ2v) is 6.86. The number of anilines is 2. The first-order valence-corrected chi connectivity index (χ1v) is 9.83. The van der Waals surface area contributed by atoms with E-state index in [9.17, 15) is 24.6 Å². The number of amides is 2. The van der Waals surface area contributed by atoms with E-state index in [0.717, 1.165) is 12.8 Å². The molecule has 0 aromatic heterocycles. The van der Waals surface area contributed by atoms with Crippen LogP contribution in [-0.2, 0) is 14.4 Å². The minimum Gasteiger partial charge on any atom is -0.547 e. The number of aliphatic hydroxyl groups is 2. The average molecular weight is 470 g/mol. The summed E-state index contributed by atoms with van der Waals surface area (Å²) in [4.78, 5) is 35.2. The fourth-order valence-electron chi connectivity index (χ4n) is 2.98. The van der Waals surface area contributed by atoms with Gasteiger partial charge in [0.15, 0.2) is 0 Å². The Labute approximate surface area is 213 Å². The van der Waals surface area contributed by atoms with E-state index in [0.29, 0.717) is 17.8 Å². The molecule has 3 rings (SSSR count). The van der Waals surface area contributed by atoms with Crippen LogP contribution in [0.4, 0.5) is 11.4 Å². The van der Waals surface area contributed by atoms with Gasteiger partial charge < -0.3 is 30.7 Å². The van der Waals surface area contributed by atoms with Crippen molar-refractivity contribution < 1.29 is 69.8 Å². The summed E-state index contributed by atoms with van der Waals surface area (Å²) >= 11 is 0. The fourth-order valence-corrected chi connectivity index (χ4v) is 2.98. The van der Waals surface area contributed by atoms with Crippen molar-refractivity contribution in [2.24, 2.45) is 5.92 Å². The number of hydrogen-bond donors (Lipinski definition) is 3. The topological polar surface area (TPSA) is 173 Å². The first kappa shape index (κ1) is 30.5. The minimum atomic E-state index is -1.74. The largest absolute Gasteiger partial charge is 1.00 e. The number of aliphatic carboxylic acids is 1. The van der Waals surface area contributed by atoms with E-state index in [1.807, 2.05) is 25.1 Å². The summed E-state index contributed by atoms with van der Waals surface area (Å²) in [5.41, 5.74) is 1.22. The van der Waals surface area contributed by atoms with Crippen molar-refractivity contribution in [1.29, 1.82) is 0 Å². The molecule has 1 aliphatic rings. The molecule has 0 bridgehead atoms. The van der Waals surface area contributed by atoms with E-state index in [4.69, 9.17) is 10.2 Å². The van der Waals surface area contributed by atoms with Crippen LogP contribution in [0.5, 0.6) is 5.75 Å². The number of hydrazine groups is 1. The molecule has 2 atom stereocenters. The number of unbranched alkanes of at least 4 members (excludes halogenated alkanes) is 1. The SMILES string of the molecule is CCCCC1C(=O)N(c2ccccc2)N(c2ccc(O)cc2)C1=O.O.O=C([O-])C(O)CO.[Na+]. The van der Waals surface area contributed by atoms with Crippen LogP contribution in [0.3, 0.4) is 0 Å². The molecule has 10 nitrogen and oxygen atoms in total. The third-order valence-electron chi connectivity index (χ3n) is 4.60. The monoisotopic (exact) mass is 470 g/mol. The van der Waals surface area contributed by atoms with Gasteiger partial charge in [-0.1, -0.05) is 38.0 Å². The Bertz CT molecular complexity index is 895. The van der Waals surface area contributed by atoms with Gasteiger partial charge in [-0.2, -0.15) is 0 Å². The van der Waals surface area contributed by atoms with E-state index in [1.54, 1.807) is 24.3 Å². The molecule has 2 aromatic carbocycles. The van der Waals surface area contributed by atoms with Gasteiger partial charge in [0, 0.05) is 0 Å². The van der Waals surface area contributed by atoms with Crippen LogP contribution in [0.2, 0.25) is 0 Å². The number of carbonyl (C=O) groups excluding carboxylic acids is 3. The molecule has 1 heterocycles. The molecule has 33 heavy (non-hydrogen) atoms. The van der Waals surface area contributed by atoms with E-state index in [1.165, 1.54) is 22.2 Å². The van der Waals surface area contributed by atoms with Crippen molar-refractivity contribution in [3.63, 3.8) is 0 Å². The van der Waals surface area contributed by atoms with E-state index >= 15 is 0 Å². The minimum absolute atomic E-state index is 0. The van der Waals surface area contributed by atoms with Gasteiger partial charge in [-0.3, -0.25) is 9.59 Å². The molecule has 2 unspecified atom stereocenters. The number of rotatable bonds is 7. The number of carboxylic acid groups (broad SMARTS) is 1. The molecule has 2 aromatic rings. The second-order valence-electron chi connectivity index (χ2n) is 6.86. The molecule has 1 fully saturated rings. The van der Waals surface area contributed by atoms with E-state index in [2.05, 4.69) is 0 Å². The number of phenols is 1. The maximum Gasteiger partial charge on any atom is 1.00 e. The van der Waals surface area contributed by atoms with Gasteiger partial charge in [-0.25, -0.2) is 10.0 Å². The molecular weight excluding hydrogens is 443 g/mol. The molecule has 5 N–H and O–H groups in total. The molecule has 0 spiro atoms. The van der Waals surface area contributed by atoms with Gasteiger partial charge in [-0.05, 0) is 42.8 Å². The first-order chi connectivity index (χ1) is 14.8. The Hall–Kier alpha value is -2.47. The van der Waals surface area contributed by atoms with Crippen molar-refractivity contribution >= 4 is 29.2 Å². The van der Waals surface area contributed by atoms with Crippen LogP contribution in [0.15, 0.2) is 54.6 Å². The fraction of sp³-hybridized carbons (Fsp3) is 0.318. The van der Waals surface area contributed by atoms with Crippen molar-refractivity contribution in [3.8, 4) is 5.75 Å². The summed E-state index contributed by atoms with van der Waals surface area (Å²) < 4.78 is 0. The first-order valence-electron chi connectivity index (χ1n) is 9.83. The summed E-state index contributed by atoms with van der Waals surface area (Å²) in [7, 11) is 0. The number of nitrogens with zero attached hydrogens (tertiary/aromatic N) is 2. The second kappa shape index (κ2) is 14.6. The van der Waals surface area contributed by atoms with Gasteiger partial charge in [0.25, 0.3) is 11.8 Å². The van der Waals surface area contributed by atoms with Gasteiger partial charge in [-0.15, -0.1) is 0 Å². The molecule has 0 radical (unpaired) electrons. The zero-order valence-corrected chi connectivity index (χ0v) is 20.5. The van der Waals surface area contributed by atoms with E-state index in [-0.39, 0.29) is 52.6 Å². The van der Waals surface area contributed by atoms with Crippen LogP contribution in [-0.4, -0.2) is 51.3 Å². The van der Waals surface area contributed by atoms with Gasteiger partial charge >= 0.3 is 29.6 Å².